The van der Waals surface area contributed by atoms with Crippen LogP contribution in [-0.2, 0) is 6.54 Å². The summed E-state index contributed by atoms with van der Waals surface area (Å²) in [5, 5.41) is 12.4. The van der Waals surface area contributed by atoms with Crippen molar-refractivity contribution in [2.45, 2.75) is 19.4 Å². The molecule has 5 heteroatoms. The Morgan fingerprint density at radius 1 is 1.35 bits per heavy atom. The maximum atomic E-state index is 13.0. The van der Waals surface area contributed by atoms with Crippen LogP contribution >= 0.6 is 15.9 Å². The van der Waals surface area contributed by atoms with Gasteiger partial charge in [-0.25, -0.2) is 4.39 Å². The highest BCUT2D eigenvalue weighted by atomic mass is 79.9. The van der Waals surface area contributed by atoms with E-state index in [1.165, 1.54) is 25.0 Å². The van der Waals surface area contributed by atoms with Crippen LogP contribution in [0.1, 0.15) is 18.4 Å². The summed E-state index contributed by atoms with van der Waals surface area (Å²) in [5.74, 6) is 0.487. The minimum atomic E-state index is -0.211. The molecule has 112 valence electrons. The third-order valence-electron chi connectivity index (χ3n) is 3.89. The van der Waals surface area contributed by atoms with E-state index in [4.69, 9.17) is 5.11 Å². The van der Waals surface area contributed by atoms with Crippen LogP contribution in [0.15, 0.2) is 22.7 Å². The molecule has 0 spiro atoms. The summed E-state index contributed by atoms with van der Waals surface area (Å²) in [5.41, 5.74) is 1.09. The average molecular weight is 345 g/mol. The Bertz CT molecular complexity index is 422. The Kier molecular flexibility index (Phi) is 6.42. The van der Waals surface area contributed by atoms with Gasteiger partial charge >= 0.3 is 0 Å². The second-order valence-corrected chi connectivity index (χ2v) is 6.23. The number of piperidine rings is 1. The van der Waals surface area contributed by atoms with E-state index in [1.54, 1.807) is 0 Å². The smallest absolute Gasteiger partial charge is 0.124 e. The van der Waals surface area contributed by atoms with Crippen molar-refractivity contribution in [2.24, 2.45) is 5.92 Å². The third-order valence-corrected chi connectivity index (χ3v) is 4.63. The van der Waals surface area contributed by atoms with Gasteiger partial charge in [0.15, 0.2) is 0 Å². The van der Waals surface area contributed by atoms with Crippen molar-refractivity contribution in [1.29, 1.82) is 0 Å². The SMILES string of the molecule is OCCN1CCC(CNCc2ccc(F)cc2Br)CC1. The summed E-state index contributed by atoms with van der Waals surface area (Å²) in [6.07, 6.45) is 2.36. The summed E-state index contributed by atoms with van der Waals surface area (Å²) in [4.78, 5) is 2.31. The predicted molar refractivity (Wildman–Crippen MR) is 82.1 cm³/mol. The molecule has 2 rings (SSSR count). The minimum absolute atomic E-state index is 0.211. The van der Waals surface area contributed by atoms with Crippen molar-refractivity contribution in [1.82, 2.24) is 10.2 Å². The molecule has 1 aliphatic heterocycles. The third kappa shape index (κ3) is 4.81. The van der Waals surface area contributed by atoms with E-state index in [-0.39, 0.29) is 12.4 Å². The van der Waals surface area contributed by atoms with Crippen LogP contribution in [0.2, 0.25) is 0 Å². The van der Waals surface area contributed by atoms with Gasteiger partial charge in [0.25, 0.3) is 0 Å². The van der Waals surface area contributed by atoms with Crippen LogP contribution < -0.4 is 5.32 Å². The Balaban J connectivity index is 1.69. The summed E-state index contributed by atoms with van der Waals surface area (Å²) >= 11 is 3.39. The fourth-order valence-electron chi connectivity index (χ4n) is 2.63. The second-order valence-electron chi connectivity index (χ2n) is 5.38. The number of nitrogens with zero attached hydrogens (tertiary/aromatic N) is 1. The number of likely N-dealkylation sites (tertiary alicyclic amines) is 1. The Morgan fingerprint density at radius 3 is 2.75 bits per heavy atom. The summed E-state index contributed by atoms with van der Waals surface area (Å²) < 4.78 is 13.8. The Hall–Kier alpha value is -0.490. The molecule has 0 aromatic heterocycles. The van der Waals surface area contributed by atoms with E-state index in [2.05, 4.69) is 26.1 Å². The molecule has 0 unspecified atom stereocenters. The van der Waals surface area contributed by atoms with Crippen molar-refractivity contribution >= 4 is 15.9 Å². The first-order valence-corrected chi connectivity index (χ1v) is 7.96. The maximum absolute atomic E-state index is 13.0. The van der Waals surface area contributed by atoms with Crippen LogP contribution in [0, 0.1) is 11.7 Å². The van der Waals surface area contributed by atoms with Gasteiger partial charge < -0.3 is 15.3 Å². The van der Waals surface area contributed by atoms with Gasteiger partial charge in [-0.2, -0.15) is 0 Å². The molecule has 0 atom stereocenters. The van der Waals surface area contributed by atoms with E-state index in [0.717, 1.165) is 42.8 Å². The summed E-state index contributed by atoms with van der Waals surface area (Å²) in [7, 11) is 0. The van der Waals surface area contributed by atoms with Crippen molar-refractivity contribution in [2.75, 3.05) is 32.8 Å². The molecule has 1 aliphatic rings. The Labute approximate surface area is 128 Å². The number of hydrogen-bond donors (Lipinski definition) is 2. The monoisotopic (exact) mass is 344 g/mol. The molecule has 3 nitrogen and oxygen atoms in total. The van der Waals surface area contributed by atoms with Crippen LogP contribution in [0.5, 0.6) is 0 Å². The average Bonchev–Trinajstić information content (AvgIpc) is 2.43. The van der Waals surface area contributed by atoms with Gasteiger partial charge in [-0.15, -0.1) is 0 Å². The lowest BCUT2D eigenvalue weighted by Crippen LogP contribution is -2.38. The lowest BCUT2D eigenvalue weighted by Gasteiger charge is -2.31. The molecule has 1 saturated heterocycles. The van der Waals surface area contributed by atoms with Gasteiger partial charge in [0.1, 0.15) is 5.82 Å². The normalized spacial score (nSPS) is 17.6. The van der Waals surface area contributed by atoms with Crippen LogP contribution in [0.3, 0.4) is 0 Å². The number of halogens is 2. The second kappa shape index (κ2) is 8.08. The molecular formula is C15H22BrFN2O. The molecule has 1 heterocycles. The lowest BCUT2D eigenvalue weighted by molar-refractivity contribution is 0.146. The van der Waals surface area contributed by atoms with Crippen molar-refractivity contribution in [3.63, 3.8) is 0 Å². The van der Waals surface area contributed by atoms with Crippen LogP contribution in [0.25, 0.3) is 0 Å². The lowest BCUT2D eigenvalue weighted by atomic mass is 9.97. The number of β-amino-alcohol motifs (C(OH)–C–C–N with tert-alkyl or cyclic N) is 1. The maximum Gasteiger partial charge on any atom is 0.124 e. The van der Waals surface area contributed by atoms with E-state index >= 15 is 0 Å². The summed E-state index contributed by atoms with van der Waals surface area (Å²) in [6, 6.07) is 4.82. The van der Waals surface area contributed by atoms with Crippen LogP contribution in [0.4, 0.5) is 4.39 Å². The molecule has 0 radical (unpaired) electrons. The molecule has 0 aliphatic carbocycles. The first-order valence-electron chi connectivity index (χ1n) is 7.17. The first-order chi connectivity index (χ1) is 9.69. The number of nitrogens with one attached hydrogen (secondary N) is 1. The number of aliphatic hydroxyl groups excluding tert-OH is 1. The number of rotatable bonds is 6. The zero-order valence-corrected chi connectivity index (χ0v) is 13.2. The van der Waals surface area contributed by atoms with Gasteiger partial charge in [-0.1, -0.05) is 22.0 Å². The standard InChI is InChI=1S/C15H22BrFN2O/c16-15-9-14(17)2-1-13(15)11-18-10-12-3-5-19(6-4-12)7-8-20/h1-2,9,12,18,20H,3-8,10-11H2. The van der Waals surface area contributed by atoms with Crippen molar-refractivity contribution < 1.29 is 9.50 Å². The topological polar surface area (TPSA) is 35.5 Å². The highest BCUT2D eigenvalue weighted by molar-refractivity contribution is 9.10. The summed E-state index contributed by atoms with van der Waals surface area (Å²) in [6.45, 7) is 4.96. The van der Waals surface area contributed by atoms with E-state index in [0.29, 0.717) is 5.92 Å². The van der Waals surface area contributed by atoms with Gasteiger partial charge in [-0.3, -0.25) is 0 Å². The number of hydrogen-bond acceptors (Lipinski definition) is 3. The zero-order chi connectivity index (χ0) is 14.4. The van der Waals surface area contributed by atoms with Gasteiger partial charge in [-0.05, 0) is 56.1 Å². The van der Waals surface area contributed by atoms with Crippen molar-refractivity contribution in [3.8, 4) is 0 Å². The van der Waals surface area contributed by atoms with E-state index in [1.807, 2.05) is 6.07 Å². The zero-order valence-electron chi connectivity index (χ0n) is 11.6. The molecular weight excluding hydrogens is 323 g/mol. The highest BCUT2D eigenvalue weighted by Crippen LogP contribution is 2.19. The molecule has 20 heavy (non-hydrogen) atoms. The fraction of sp³-hybridized carbons (Fsp3) is 0.600. The number of aliphatic hydroxyl groups is 1. The first kappa shape index (κ1) is 15.9. The quantitative estimate of drug-likeness (QED) is 0.831. The molecule has 1 aromatic carbocycles. The number of benzene rings is 1. The minimum Gasteiger partial charge on any atom is -0.395 e. The highest BCUT2D eigenvalue weighted by Gasteiger charge is 2.18. The molecule has 1 aromatic rings. The Morgan fingerprint density at radius 2 is 2.10 bits per heavy atom. The molecule has 0 amide bonds. The molecule has 0 bridgehead atoms. The molecule has 1 fully saturated rings. The largest absolute Gasteiger partial charge is 0.395 e. The van der Waals surface area contributed by atoms with Gasteiger partial charge in [0.05, 0.1) is 6.61 Å². The van der Waals surface area contributed by atoms with Crippen LogP contribution in [-0.4, -0.2) is 42.8 Å². The molecule has 0 saturated carbocycles. The van der Waals surface area contributed by atoms with Crippen molar-refractivity contribution in [3.05, 3.63) is 34.1 Å². The predicted octanol–water partition coefficient (Wildman–Crippen LogP) is 2.38. The van der Waals surface area contributed by atoms with E-state index < -0.39 is 0 Å². The van der Waals surface area contributed by atoms with Gasteiger partial charge in [0, 0.05) is 17.6 Å². The molecule has 2 N–H and O–H groups in total. The van der Waals surface area contributed by atoms with Gasteiger partial charge in [0.2, 0.25) is 0 Å². The van der Waals surface area contributed by atoms with E-state index in [9.17, 15) is 4.39 Å². The fourth-order valence-corrected chi connectivity index (χ4v) is 3.12.